The minimum absolute atomic E-state index is 0.579. The quantitative estimate of drug-likeness (QED) is 0.153. The highest BCUT2D eigenvalue weighted by molar-refractivity contribution is 6.15. The van der Waals surface area contributed by atoms with Crippen molar-refractivity contribution in [1.82, 2.24) is 15.0 Å². The molecule has 0 unspecified atom stereocenters. The summed E-state index contributed by atoms with van der Waals surface area (Å²) >= 11 is 0. The van der Waals surface area contributed by atoms with Crippen molar-refractivity contribution in [3.8, 4) is 89.8 Å². The molecule has 12 aromatic rings. The number of aromatic nitrogens is 3. The second-order valence-electron chi connectivity index (χ2n) is 16.4. The SMILES string of the molecule is c1ccc(-c2ccc(-c3ccc(-c4nc(-c5ccc(-c6ccc7ccccc7c6)cc5)nc(-c5cccc6oc7c(-c8ccc(-c9ccccc9)cc8)cccc7c56)n4)cc3)cc2)cc1. The first-order chi connectivity index (χ1) is 32.2. The molecule has 10 aromatic carbocycles. The largest absolute Gasteiger partial charge is 0.455 e. The Bertz CT molecular complexity index is 3650. The molecule has 0 spiro atoms. The maximum atomic E-state index is 6.74. The van der Waals surface area contributed by atoms with Crippen LogP contribution >= 0.6 is 0 Å². The number of para-hydroxylation sites is 1. The number of furan rings is 1. The summed E-state index contributed by atoms with van der Waals surface area (Å²) in [5, 5.41) is 4.41. The van der Waals surface area contributed by atoms with Crippen LogP contribution in [-0.2, 0) is 0 Å². The summed E-state index contributed by atoms with van der Waals surface area (Å²) in [4.78, 5) is 15.6. The summed E-state index contributed by atoms with van der Waals surface area (Å²) in [6, 6.07) is 82.9. The molecule has 4 nitrogen and oxygen atoms in total. The van der Waals surface area contributed by atoms with E-state index >= 15 is 0 Å². The maximum Gasteiger partial charge on any atom is 0.164 e. The van der Waals surface area contributed by atoms with E-state index in [2.05, 4.69) is 212 Å². The summed E-state index contributed by atoms with van der Waals surface area (Å²) in [7, 11) is 0. The molecule has 304 valence electrons. The van der Waals surface area contributed by atoms with E-state index in [1.165, 1.54) is 33.0 Å². The summed E-state index contributed by atoms with van der Waals surface area (Å²) in [5.74, 6) is 1.77. The maximum absolute atomic E-state index is 6.74. The van der Waals surface area contributed by atoms with Gasteiger partial charge in [-0.2, -0.15) is 0 Å². The summed E-state index contributed by atoms with van der Waals surface area (Å²) in [6.07, 6.45) is 0. The normalized spacial score (nSPS) is 11.4. The minimum atomic E-state index is 0.579. The minimum Gasteiger partial charge on any atom is -0.455 e. The van der Waals surface area contributed by atoms with Crippen molar-refractivity contribution in [2.24, 2.45) is 0 Å². The monoisotopic (exact) mass is 829 g/mol. The van der Waals surface area contributed by atoms with Crippen LogP contribution < -0.4 is 0 Å². The van der Waals surface area contributed by atoms with Gasteiger partial charge in [0.15, 0.2) is 17.5 Å². The van der Waals surface area contributed by atoms with Crippen molar-refractivity contribution in [3.05, 3.63) is 237 Å². The smallest absolute Gasteiger partial charge is 0.164 e. The Hall–Kier alpha value is -8.73. The Morgan fingerprint density at radius 3 is 1.25 bits per heavy atom. The lowest BCUT2D eigenvalue weighted by molar-refractivity contribution is 0.670. The Labute approximate surface area is 376 Å². The van der Waals surface area contributed by atoms with Crippen LogP contribution in [0, 0.1) is 0 Å². The zero-order chi connectivity index (χ0) is 43.1. The predicted molar refractivity (Wildman–Crippen MR) is 268 cm³/mol. The van der Waals surface area contributed by atoms with Crippen molar-refractivity contribution in [3.63, 3.8) is 0 Å². The standard InChI is InChI=1S/C61H39N3O/c1-3-11-40(12-4-1)43-21-23-45(24-22-43)46-27-34-49(35-28-46)59-62-60(50-36-29-47(30-37-50)52-38-31-42-15-7-8-16-51(42)39-52)64-61(63-59)55-19-10-20-56-57(55)54-18-9-17-53(58(54)65-56)48-32-25-44(26-33-48)41-13-5-2-6-14-41/h1-39H. The lowest BCUT2D eigenvalue weighted by Crippen LogP contribution is -2.00. The van der Waals surface area contributed by atoms with Crippen molar-refractivity contribution in [1.29, 1.82) is 0 Å². The van der Waals surface area contributed by atoms with Gasteiger partial charge in [0.2, 0.25) is 0 Å². The number of benzene rings is 10. The van der Waals surface area contributed by atoms with E-state index in [9.17, 15) is 0 Å². The zero-order valence-corrected chi connectivity index (χ0v) is 35.3. The molecule has 0 bridgehead atoms. The predicted octanol–water partition coefficient (Wildman–Crippen LogP) is 16.3. The van der Waals surface area contributed by atoms with Crippen LogP contribution in [0.2, 0.25) is 0 Å². The van der Waals surface area contributed by atoms with Crippen LogP contribution in [0.25, 0.3) is 123 Å². The van der Waals surface area contributed by atoms with Crippen LogP contribution in [0.15, 0.2) is 241 Å². The average molecular weight is 830 g/mol. The highest BCUT2D eigenvalue weighted by Gasteiger charge is 2.20. The molecule has 0 N–H and O–H groups in total. The van der Waals surface area contributed by atoms with Gasteiger partial charge < -0.3 is 4.42 Å². The molecule has 0 radical (unpaired) electrons. The molecular formula is C61H39N3O. The Morgan fingerprint density at radius 2 is 0.677 bits per heavy atom. The molecule has 65 heavy (non-hydrogen) atoms. The van der Waals surface area contributed by atoms with E-state index in [1.54, 1.807) is 0 Å². The second kappa shape index (κ2) is 16.2. The van der Waals surface area contributed by atoms with Gasteiger partial charge in [-0.05, 0) is 73.0 Å². The highest BCUT2D eigenvalue weighted by atomic mass is 16.3. The summed E-state index contributed by atoms with van der Waals surface area (Å²) in [5.41, 5.74) is 15.7. The van der Waals surface area contributed by atoms with Crippen molar-refractivity contribution in [2.45, 2.75) is 0 Å². The van der Waals surface area contributed by atoms with Crippen molar-refractivity contribution >= 4 is 32.7 Å². The van der Waals surface area contributed by atoms with Crippen LogP contribution in [0.4, 0.5) is 0 Å². The first-order valence-corrected chi connectivity index (χ1v) is 21.9. The lowest BCUT2D eigenvalue weighted by atomic mass is 9.98. The van der Waals surface area contributed by atoms with Crippen molar-refractivity contribution < 1.29 is 4.42 Å². The number of hydrogen-bond donors (Lipinski definition) is 0. The molecule has 0 amide bonds. The molecule has 0 saturated carbocycles. The fraction of sp³-hybridized carbons (Fsp3) is 0. The van der Waals surface area contributed by atoms with Gasteiger partial charge in [-0.1, -0.05) is 224 Å². The van der Waals surface area contributed by atoms with Gasteiger partial charge in [-0.15, -0.1) is 0 Å². The van der Waals surface area contributed by atoms with Crippen LogP contribution in [-0.4, -0.2) is 15.0 Å². The van der Waals surface area contributed by atoms with Crippen LogP contribution in [0.5, 0.6) is 0 Å². The average Bonchev–Trinajstić information content (AvgIpc) is 3.79. The van der Waals surface area contributed by atoms with Gasteiger partial charge in [0.1, 0.15) is 11.2 Å². The fourth-order valence-corrected chi connectivity index (χ4v) is 8.97. The molecule has 12 rings (SSSR count). The summed E-state index contributed by atoms with van der Waals surface area (Å²) < 4.78 is 6.74. The molecular weight excluding hydrogens is 791 g/mol. The van der Waals surface area contributed by atoms with E-state index < -0.39 is 0 Å². The van der Waals surface area contributed by atoms with Gasteiger partial charge in [0, 0.05) is 33.0 Å². The summed E-state index contributed by atoms with van der Waals surface area (Å²) in [6.45, 7) is 0. The van der Waals surface area contributed by atoms with E-state index in [0.717, 1.165) is 72.0 Å². The van der Waals surface area contributed by atoms with E-state index in [4.69, 9.17) is 19.4 Å². The third-order valence-electron chi connectivity index (χ3n) is 12.4. The third-order valence-corrected chi connectivity index (χ3v) is 12.4. The number of nitrogens with zero attached hydrogens (tertiary/aromatic N) is 3. The molecule has 0 atom stereocenters. The van der Waals surface area contributed by atoms with Crippen molar-refractivity contribution in [2.75, 3.05) is 0 Å². The van der Waals surface area contributed by atoms with E-state index in [0.29, 0.717) is 17.5 Å². The Balaban J connectivity index is 0.951. The van der Waals surface area contributed by atoms with Gasteiger partial charge in [-0.3, -0.25) is 0 Å². The van der Waals surface area contributed by atoms with Gasteiger partial charge in [-0.25, -0.2) is 15.0 Å². The van der Waals surface area contributed by atoms with Gasteiger partial charge in [0.25, 0.3) is 0 Å². The second-order valence-corrected chi connectivity index (χ2v) is 16.4. The Kier molecular flexibility index (Phi) is 9.46. The molecule has 2 aromatic heterocycles. The number of rotatable bonds is 8. The van der Waals surface area contributed by atoms with Gasteiger partial charge >= 0.3 is 0 Å². The lowest BCUT2D eigenvalue weighted by Gasteiger charge is -2.11. The topological polar surface area (TPSA) is 51.8 Å². The molecule has 0 fully saturated rings. The molecule has 0 aliphatic carbocycles. The molecule has 0 saturated heterocycles. The van der Waals surface area contributed by atoms with Gasteiger partial charge in [0.05, 0.1) is 0 Å². The molecule has 2 heterocycles. The number of hydrogen-bond acceptors (Lipinski definition) is 4. The fourth-order valence-electron chi connectivity index (χ4n) is 8.97. The Morgan fingerprint density at radius 1 is 0.262 bits per heavy atom. The van der Waals surface area contributed by atoms with Crippen LogP contribution in [0.1, 0.15) is 0 Å². The van der Waals surface area contributed by atoms with Crippen LogP contribution in [0.3, 0.4) is 0 Å². The zero-order valence-electron chi connectivity index (χ0n) is 35.3. The van der Waals surface area contributed by atoms with E-state index in [-0.39, 0.29) is 0 Å². The van der Waals surface area contributed by atoms with E-state index in [1.807, 2.05) is 24.3 Å². The molecule has 0 aliphatic rings. The number of fused-ring (bicyclic) bond motifs is 4. The molecule has 0 aliphatic heterocycles. The molecule has 4 heteroatoms. The third kappa shape index (κ3) is 7.23. The first-order valence-electron chi connectivity index (χ1n) is 21.9. The highest BCUT2D eigenvalue weighted by Crippen LogP contribution is 2.41. The first kappa shape index (κ1) is 38.0.